The summed E-state index contributed by atoms with van der Waals surface area (Å²) in [5.41, 5.74) is 1.20. The number of carbonyl (C=O) groups is 2. The first kappa shape index (κ1) is 12.8. The molecule has 0 aromatic heterocycles. The fraction of sp³-hybridized carbons (Fsp3) is 0.467. The van der Waals surface area contributed by atoms with Crippen molar-refractivity contribution in [2.24, 2.45) is 11.8 Å². The van der Waals surface area contributed by atoms with Gasteiger partial charge in [0.1, 0.15) is 5.78 Å². The Morgan fingerprint density at radius 1 is 1.28 bits per heavy atom. The molecule has 0 unspecified atom stereocenters. The highest BCUT2D eigenvalue weighted by atomic mass is 16.2. The number of nitrogens with one attached hydrogen (secondary N) is 1. The molecule has 0 saturated heterocycles. The first-order valence-electron chi connectivity index (χ1n) is 6.50. The summed E-state index contributed by atoms with van der Waals surface area (Å²) in [5.74, 6) is -0.226. The topological polar surface area (TPSA) is 46.2 Å². The molecule has 3 heteroatoms. The van der Waals surface area contributed by atoms with Crippen LogP contribution in [0.3, 0.4) is 0 Å². The maximum atomic E-state index is 11.9. The highest BCUT2D eigenvalue weighted by Gasteiger charge is 2.38. The molecule has 3 nitrogen and oxygen atoms in total. The molecular weight excluding hydrogens is 226 g/mol. The van der Waals surface area contributed by atoms with Crippen LogP contribution in [0.15, 0.2) is 30.3 Å². The van der Waals surface area contributed by atoms with E-state index in [4.69, 9.17) is 0 Å². The van der Waals surface area contributed by atoms with Crippen LogP contribution in [0, 0.1) is 11.8 Å². The van der Waals surface area contributed by atoms with E-state index in [1.54, 1.807) is 0 Å². The monoisotopic (exact) mass is 245 g/mol. The Morgan fingerprint density at radius 3 is 2.50 bits per heavy atom. The summed E-state index contributed by atoms with van der Waals surface area (Å²) in [6, 6.07) is 10.0. The molecule has 1 atom stereocenters. The molecule has 1 fully saturated rings. The maximum Gasteiger partial charge on any atom is 0.230 e. The molecule has 1 aliphatic carbocycles. The highest BCUT2D eigenvalue weighted by Crippen LogP contribution is 2.37. The fourth-order valence-corrected chi connectivity index (χ4v) is 2.24. The zero-order valence-electron chi connectivity index (χ0n) is 10.7. The summed E-state index contributed by atoms with van der Waals surface area (Å²) in [4.78, 5) is 23.4. The van der Waals surface area contributed by atoms with Crippen LogP contribution in [-0.4, -0.2) is 18.2 Å². The van der Waals surface area contributed by atoms with Crippen molar-refractivity contribution in [3.63, 3.8) is 0 Å². The SMILES string of the molecule is CC(=O)[C@@H](C(=O)NCCc1ccccc1)C1CC1. The Morgan fingerprint density at radius 2 is 1.94 bits per heavy atom. The Balaban J connectivity index is 1.79. The van der Waals surface area contributed by atoms with Gasteiger partial charge in [-0.05, 0) is 37.7 Å². The van der Waals surface area contributed by atoms with Crippen molar-refractivity contribution in [1.82, 2.24) is 5.32 Å². The lowest BCUT2D eigenvalue weighted by Gasteiger charge is -2.13. The molecule has 1 saturated carbocycles. The van der Waals surface area contributed by atoms with Gasteiger partial charge >= 0.3 is 0 Å². The Kier molecular flexibility index (Phi) is 4.13. The van der Waals surface area contributed by atoms with E-state index in [-0.39, 0.29) is 11.7 Å². The lowest BCUT2D eigenvalue weighted by atomic mass is 9.98. The zero-order valence-corrected chi connectivity index (χ0v) is 10.7. The van der Waals surface area contributed by atoms with Gasteiger partial charge in [-0.1, -0.05) is 30.3 Å². The molecule has 1 aromatic carbocycles. The van der Waals surface area contributed by atoms with Crippen molar-refractivity contribution >= 4 is 11.7 Å². The van der Waals surface area contributed by atoms with Crippen molar-refractivity contribution in [2.75, 3.05) is 6.54 Å². The number of ketones is 1. The molecule has 0 heterocycles. The minimum absolute atomic E-state index is 0.00490. The number of Topliss-reactive ketones (excluding diaryl/α,β-unsaturated/α-hetero) is 1. The molecule has 0 radical (unpaired) electrons. The summed E-state index contributed by atoms with van der Waals surface area (Å²) in [6.07, 6.45) is 2.83. The minimum Gasteiger partial charge on any atom is -0.355 e. The van der Waals surface area contributed by atoms with E-state index in [1.807, 2.05) is 30.3 Å². The summed E-state index contributed by atoms with van der Waals surface area (Å²) in [5, 5.41) is 2.87. The molecule has 0 aliphatic heterocycles. The third-order valence-electron chi connectivity index (χ3n) is 3.37. The van der Waals surface area contributed by atoms with Crippen LogP contribution in [0.4, 0.5) is 0 Å². The van der Waals surface area contributed by atoms with Crippen LogP contribution < -0.4 is 5.32 Å². The van der Waals surface area contributed by atoms with Crippen LogP contribution in [0.5, 0.6) is 0 Å². The van der Waals surface area contributed by atoms with Gasteiger partial charge in [0.15, 0.2) is 0 Å². The normalized spacial score (nSPS) is 16.1. The van der Waals surface area contributed by atoms with Gasteiger partial charge in [0.25, 0.3) is 0 Å². The first-order chi connectivity index (χ1) is 8.68. The van der Waals surface area contributed by atoms with E-state index in [2.05, 4.69) is 5.32 Å². The van der Waals surface area contributed by atoms with Gasteiger partial charge in [-0.15, -0.1) is 0 Å². The van der Waals surface area contributed by atoms with Crippen molar-refractivity contribution in [3.8, 4) is 0 Å². The van der Waals surface area contributed by atoms with E-state index in [0.717, 1.165) is 19.3 Å². The molecule has 0 spiro atoms. The first-order valence-corrected chi connectivity index (χ1v) is 6.50. The fourth-order valence-electron chi connectivity index (χ4n) is 2.24. The summed E-state index contributed by atoms with van der Waals surface area (Å²) in [7, 11) is 0. The molecule has 1 N–H and O–H groups in total. The van der Waals surface area contributed by atoms with Gasteiger partial charge in [-0.3, -0.25) is 9.59 Å². The maximum absolute atomic E-state index is 11.9. The second-order valence-electron chi connectivity index (χ2n) is 4.95. The van der Waals surface area contributed by atoms with Crippen LogP contribution in [-0.2, 0) is 16.0 Å². The number of benzene rings is 1. The van der Waals surface area contributed by atoms with E-state index >= 15 is 0 Å². The zero-order chi connectivity index (χ0) is 13.0. The predicted octanol–water partition coefficient (Wildman–Crippen LogP) is 1.96. The standard InChI is InChI=1S/C15H19NO2/c1-11(17)14(13-7-8-13)15(18)16-10-9-12-5-3-2-4-6-12/h2-6,13-14H,7-10H2,1H3,(H,16,18)/t14-/m1/s1. The summed E-state index contributed by atoms with van der Waals surface area (Å²) in [6.45, 7) is 2.11. The van der Waals surface area contributed by atoms with Gasteiger partial charge in [0.2, 0.25) is 5.91 Å². The average molecular weight is 245 g/mol. The number of rotatable bonds is 6. The second-order valence-corrected chi connectivity index (χ2v) is 4.95. The molecule has 1 aromatic rings. The molecular formula is C15H19NO2. The number of hydrogen-bond donors (Lipinski definition) is 1. The number of hydrogen-bond acceptors (Lipinski definition) is 2. The smallest absolute Gasteiger partial charge is 0.230 e. The Bertz CT molecular complexity index is 423. The van der Waals surface area contributed by atoms with E-state index < -0.39 is 5.92 Å². The van der Waals surface area contributed by atoms with Gasteiger partial charge in [0.05, 0.1) is 5.92 Å². The Hall–Kier alpha value is -1.64. The van der Waals surface area contributed by atoms with Crippen LogP contribution >= 0.6 is 0 Å². The third-order valence-corrected chi connectivity index (χ3v) is 3.37. The third kappa shape index (κ3) is 3.42. The average Bonchev–Trinajstić information content (AvgIpc) is 3.14. The summed E-state index contributed by atoms with van der Waals surface area (Å²) >= 11 is 0. The molecule has 96 valence electrons. The predicted molar refractivity (Wildman–Crippen MR) is 70.1 cm³/mol. The molecule has 18 heavy (non-hydrogen) atoms. The van der Waals surface area contributed by atoms with Crippen LogP contribution in [0.2, 0.25) is 0 Å². The van der Waals surface area contributed by atoms with Crippen molar-refractivity contribution in [3.05, 3.63) is 35.9 Å². The lowest BCUT2D eigenvalue weighted by Crippen LogP contribution is -2.36. The lowest BCUT2D eigenvalue weighted by molar-refractivity contribution is -0.133. The van der Waals surface area contributed by atoms with Crippen molar-refractivity contribution in [1.29, 1.82) is 0 Å². The number of amides is 1. The van der Waals surface area contributed by atoms with Crippen LogP contribution in [0.1, 0.15) is 25.3 Å². The van der Waals surface area contributed by atoms with Gasteiger partial charge in [-0.25, -0.2) is 0 Å². The molecule has 2 rings (SSSR count). The largest absolute Gasteiger partial charge is 0.355 e. The molecule has 1 aliphatic rings. The highest BCUT2D eigenvalue weighted by molar-refractivity contribution is 6.00. The number of carbonyl (C=O) groups excluding carboxylic acids is 2. The van der Waals surface area contributed by atoms with E-state index in [9.17, 15) is 9.59 Å². The van der Waals surface area contributed by atoms with Gasteiger partial charge in [0, 0.05) is 6.54 Å². The van der Waals surface area contributed by atoms with Crippen molar-refractivity contribution < 1.29 is 9.59 Å². The molecule has 1 amide bonds. The summed E-state index contributed by atoms with van der Waals surface area (Å²) < 4.78 is 0. The quantitative estimate of drug-likeness (QED) is 0.779. The second kappa shape index (κ2) is 5.80. The van der Waals surface area contributed by atoms with E-state index in [0.29, 0.717) is 12.5 Å². The molecule has 0 bridgehead atoms. The van der Waals surface area contributed by atoms with Crippen molar-refractivity contribution in [2.45, 2.75) is 26.2 Å². The minimum atomic E-state index is -0.416. The van der Waals surface area contributed by atoms with Gasteiger partial charge in [-0.2, -0.15) is 0 Å². The van der Waals surface area contributed by atoms with E-state index in [1.165, 1.54) is 12.5 Å². The Labute approximate surface area is 108 Å². The van der Waals surface area contributed by atoms with Crippen LogP contribution in [0.25, 0.3) is 0 Å². The van der Waals surface area contributed by atoms with Gasteiger partial charge < -0.3 is 5.32 Å².